The minimum Gasteiger partial charge on any atom is -0.478 e. The van der Waals surface area contributed by atoms with Crippen molar-refractivity contribution >= 4 is 11.9 Å². The minimum absolute atomic E-state index is 0.207. The lowest BCUT2D eigenvalue weighted by Crippen LogP contribution is -2.62. The number of carboxylic acids is 1. The number of likely N-dealkylation sites (tertiary alicyclic amines) is 2. The average molecular weight is 386 g/mol. The molecule has 1 aromatic rings. The molecule has 1 atom stereocenters. The first-order valence-electron chi connectivity index (χ1n) is 10.6. The van der Waals surface area contributed by atoms with E-state index in [0.29, 0.717) is 12.1 Å². The van der Waals surface area contributed by atoms with Gasteiger partial charge >= 0.3 is 5.97 Å². The maximum Gasteiger partial charge on any atom is 0.335 e. The Labute approximate surface area is 166 Å². The van der Waals surface area contributed by atoms with Crippen LogP contribution in [0.5, 0.6) is 0 Å². The van der Waals surface area contributed by atoms with Crippen molar-refractivity contribution in [3.8, 4) is 0 Å². The van der Waals surface area contributed by atoms with Gasteiger partial charge in [-0.1, -0.05) is 12.1 Å². The maximum atomic E-state index is 13.6. The van der Waals surface area contributed by atoms with E-state index >= 15 is 0 Å². The molecule has 3 aliphatic rings. The van der Waals surface area contributed by atoms with Gasteiger partial charge in [0.15, 0.2) is 0 Å². The van der Waals surface area contributed by atoms with E-state index in [1.54, 1.807) is 12.1 Å². The quantitative estimate of drug-likeness (QED) is 0.831. The van der Waals surface area contributed by atoms with Crippen LogP contribution < -0.4 is 0 Å². The molecule has 152 valence electrons. The van der Waals surface area contributed by atoms with Gasteiger partial charge in [0, 0.05) is 19.1 Å². The zero-order chi connectivity index (χ0) is 19.7. The molecule has 6 heteroatoms. The Morgan fingerprint density at radius 3 is 2.32 bits per heavy atom. The molecule has 1 aromatic carbocycles. The summed E-state index contributed by atoms with van der Waals surface area (Å²) < 4.78 is 0. The predicted octanol–water partition coefficient (Wildman–Crippen LogP) is 2.65. The number of carbonyl (C=O) groups excluding carboxylic acids is 1. The average Bonchev–Trinajstić information content (AvgIpc) is 3.08. The van der Waals surface area contributed by atoms with Crippen molar-refractivity contribution in [3.63, 3.8) is 0 Å². The maximum absolute atomic E-state index is 13.6. The summed E-state index contributed by atoms with van der Waals surface area (Å²) in [5.41, 5.74) is 0.941. The molecule has 1 saturated carbocycles. The van der Waals surface area contributed by atoms with Crippen molar-refractivity contribution < 1.29 is 19.8 Å². The van der Waals surface area contributed by atoms with Gasteiger partial charge in [0.2, 0.25) is 5.91 Å². The van der Waals surface area contributed by atoms with Crippen LogP contribution in [0.4, 0.5) is 0 Å². The molecule has 1 amide bonds. The van der Waals surface area contributed by atoms with E-state index in [1.165, 1.54) is 0 Å². The fraction of sp³-hybridized carbons (Fsp3) is 0.636. The molecule has 28 heavy (non-hydrogen) atoms. The van der Waals surface area contributed by atoms with Crippen LogP contribution in [0.3, 0.4) is 0 Å². The second kappa shape index (κ2) is 7.84. The predicted molar refractivity (Wildman–Crippen MR) is 105 cm³/mol. The third-order valence-electron chi connectivity index (χ3n) is 6.95. The standard InChI is InChI=1S/C22H30N2O4/c25-19-9-7-18(8-10-19)24-14-2-12-22(21(24)28)11-1-13-23(22)15-16-3-5-17(6-4-16)20(26)27/h3-6,18-19,25H,1-2,7-15H2,(H,26,27). The Balaban J connectivity index is 1.50. The van der Waals surface area contributed by atoms with Crippen LogP contribution in [0.15, 0.2) is 24.3 Å². The summed E-state index contributed by atoms with van der Waals surface area (Å²) in [4.78, 5) is 29.1. The van der Waals surface area contributed by atoms with E-state index in [1.807, 2.05) is 12.1 Å². The Hall–Kier alpha value is -1.92. The van der Waals surface area contributed by atoms with Gasteiger partial charge in [-0.25, -0.2) is 4.79 Å². The second-order valence-electron chi connectivity index (χ2n) is 8.62. The number of benzene rings is 1. The van der Waals surface area contributed by atoms with Crippen LogP contribution >= 0.6 is 0 Å². The van der Waals surface area contributed by atoms with Crippen molar-refractivity contribution in [2.45, 2.75) is 75.6 Å². The Bertz CT molecular complexity index is 727. The van der Waals surface area contributed by atoms with E-state index in [2.05, 4.69) is 9.80 Å². The number of aliphatic hydroxyl groups excluding tert-OH is 1. The molecule has 1 unspecified atom stereocenters. The summed E-state index contributed by atoms with van der Waals surface area (Å²) in [6.45, 7) is 2.43. The second-order valence-corrected chi connectivity index (χ2v) is 8.62. The van der Waals surface area contributed by atoms with E-state index in [0.717, 1.165) is 70.0 Å². The lowest BCUT2D eigenvalue weighted by Gasteiger charge is -2.48. The fourth-order valence-corrected chi connectivity index (χ4v) is 5.40. The zero-order valence-electron chi connectivity index (χ0n) is 16.3. The van der Waals surface area contributed by atoms with Crippen molar-refractivity contribution in [1.29, 1.82) is 0 Å². The molecule has 3 fully saturated rings. The number of carbonyl (C=O) groups is 2. The molecule has 0 aromatic heterocycles. The summed E-state index contributed by atoms with van der Waals surface area (Å²) in [7, 11) is 0. The topological polar surface area (TPSA) is 81.1 Å². The molecule has 0 radical (unpaired) electrons. The number of hydrogen-bond donors (Lipinski definition) is 2. The molecule has 4 rings (SSSR count). The highest BCUT2D eigenvalue weighted by molar-refractivity contribution is 5.88. The van der Waals surface area contributed by atoms with Crippen molar-refractivity contribution in [1.82, 2.24) is 9.80 Å². The smallest absolute Gasteiger partial charge is 0.335 e. The van der Waals surface area contributed by atoms with Gasteiger partial charge in [0.1, 0.15) is 5.54 Å². The van der Waals surface area contributed by atoms with Crippen LogP contribution in [-0.2, 0) is 11.3 Å². The number of aliphatic hydroxyl groups is 1. The van der Waals surface area contributed by atoms with Gasteiger partial charge in [0.25, 0.3) is 0 Å². The van der Waals surface area contributed by atoms with Crippen molar-refractivity contribution in [2.75, 3.05) is 13.1 Å². The van der Waals surface area contributed by atoms with Crippen molar-refractivity contribution in [3.05, 3.63) is 35.4 Å². The summed E-state index contributed by atoms with van der Waals surface area (Å²) >= 11 is 0. The molecule has 6 nitrogen and oxygen atoms in total. The summed E-state index contributed by atoms with van der Waals surface area (Å²) in [5.74, 6) is -0.639. The summed E-state index contributed by atoms with van der Waals surface area (Å²) in [6.07, 6.45) is 7.05. The first-order chi connectivity index (χ1) is 13.5. The zero-order valence-corrected chi connectivity index (χ0v) is 16.3. The number of hydrogen-bond acceptors (Lipinski definition) is 4. The lowest BCUT2D eigenvalue weighted by atomic mass is 9.82. The number of carboxylic acid groups (broad SMARTS) is 1. The SMILES string of the molecule is O=C(O)c1ccc(CN2CCCC23CCCN(C2CCC(O)CC2)C3=O)cc1. The lowest BCUT2D eigenvalue weighted by molar-refractivity contribution is -0.152. The largest absolute Gasteiger partial charge is 0.478 e. The van der Waals surface area contributed by atoms with E-state index in [4.69, 9.17) is 5.11 Å². The van der Waals surface area contributed by atoms with Gasteiger partial charge < -0.3 is 15.1 Å². The number of nitrogens with zero attached hydrogens (tertiary/aromatic N) is 2. The highest BCUT2D eigenvalue weighted by atomic mass is 16.4. The van der Waals surface area contributed by atoms with Crippen LogP contribution in [0.25, 0.3) is 0 Å². The van der Waals surface area contributed by atoms with Crippen LogP contribution in [0.1, 0.15) is 67.3 Å². The number of piperidine rings is 1. The molecule has 1 spiro atoms. The molecule has 0 bridgehead atoms. The van der Waals surface area contributed by atoms with E-state index < -0.39 is 11.5 Å². The molecule has 2 N–H and O–H groups in total. The fourth-order valence-electron chi connectivity index (χ4n) is 5.40. The third kappa shape index (κ3) is 3.55. The normalized spacial score (nSPS) is 31.5. The Morgan fingerprint density at radius 2 is 1.68 bits per heavy atom. The monoisotopic (exact) mass is 386 g/mol. The highest BCUT2D eigenvalue weighted by Crippen LogP contribution is 2.41. The minimum atomic E-state index is -0.917. The molecular weight excluding hydrogens is 356 g/mol. The first-order valence-corrected chi connectivity index (χ1v) is 10.6. The first kappa shape index (κ1) is 19.4. The van der Waals surface area contributed by atoms with Gasteiger partial charge in [-0.15, -0.1) is 0 Å². The number of amides is 1. The molecular formula is C22H30N2O4. The molecule has 2 heterocycles. The van der Waals surface area contributed by atoms with Gasteiger partial charge in [-0.05, 0) is 75.6 Å². The highest BCUT2D eigenvalue weighted by Gasteiger charge is 2.51. The van der Waals surface area contributed by atoms with Crippen LogP contribution in [0, 0.1) is 0 Å². The third-order valence-corrected chi connectivity index (χ3v) is 6.95. The molecule has 2 aliphatic heterocycles. The van der Waals surface area contributed by atoms with E-state index in [9.17, 15) is 14.7 Å². The van der Waals surface area contributed by atoms with E-state index in [-0.39, 0.29) is 18.1 Å². The Kier molecular flexibility index (Phi) is 5.43. The molecule has 1 aliphatic carbocycles. The van der Waals surface area contributed by atoms with Crippen LogP contribution in [-0.4, -0.2) is 62.7 Å². The molecule has 2 saturated heterocycles. The van der Waals surface area contributed by atoms with Gasteiger partial charge in [0.05, 0.1) is 11.7 Å². The number of aromatic carboxylic acids is 1. The summed E-state index contributed by atoms with van der Waals surface area (Å²) in [6, 6.07) is 7.28. The van der Waals surface area contributed by atoms with Crippen molar-refractivity contribution in [2.24, 2.45) is 0 Å². The number of rotatable bonds is 4. The van der Waals surface area contributed by atoms with Gasteiger partial charge in [-0.2, -0.15) is 0 Å². The summed E-state index contributed by atoms with van der Waals surface area (Å²) in [5, 5.41) is 18.9. The van der Waals surface area contributed by atoms with Gasteiger partial charge in [-0.3, -0.25) is 9.69 Å². The Morgan fingerprint density at radius 1 is 1.04 bits per heavy atom. The van der Waals surface area contributed by atoms with Crippen LogP contribution in [0.2, 0.25) is 0 Å².